The molecule has 3 unspecified atom stereocenters. The molecule has 1 N–H and O–H groups in total. The van der Waals surface area contributed by atoms with E-state index in [0.29, 0.717) is 30.5 Å². The SMILES string of the molecule is CCCCC[C@@H](CCC1C2CC(=O)CC2C[C@H]1O)N=O. The second-order valence-corrected chi connectivity index (χ2v) is 6.67. The van der Waals surface area contributed by atoms with Crippen LogP contribution >= 0.6 is 0 Å². The number of carbonyl (C=O) groups is 1. The van der Waals surface area contributed by atoms with Crippen LogP contribution in [0.25, 0.3) is 0 Å². The molecule has 4 heteroatoms. The summed E-state index contributed by atoms with van der Waals surface area (Å²) in [6.07, 6.45) is 7.64. The molecule has 20 heavy (non-hydrogen) atoms. The number of fused-ring (bicyclic) bond motifs is 1. The van der Waals surface area contributed by atoms with Crippen molar-refractivity contribution in [1.82, 2.24) is 0 Å². The molecule has 0 aromatic carbocycles. The Kier molecular flexibility index (Phi) is 5.70. The van der Waals surface area contributed by atoms with Crippen molar-refractivity contribution < 1.29 is 9.90 Å². The number of hydrogen-bond acceptors (Lipinski definition) is 4. The first kappa shape index (κ1) is 15.6. The molecule has 0 heterocycles. The van der Waals surface area contributed by atoms with Crippen molar-refractivity contribution >= 4 is 5.78 Å². The molecule has 2 rings (SSSR count). The van der Waals surface area contributed by atoms with E-state index in [4.69, 9.17) is 0 Å². The summed E-state index contributed by atoms with van der Waals surface area (Å²) < 4.78 is 0. The van der Waals surface area contributed by atoms with E-state index >= 15 is 0 Å². The number of carbonyl (C=O) groups excluding carboxylic acids is 1. The molecule has 0 radical (unpaired) electrons. The maximum absolute atomic E-state index is 11.5. The Hall–Kier alpha value is -0.770. The second-order valence-electron chi connectivity index (χ2n) is 6.67. The fraction of sp³-hybridized carbons (Fsp3) is 0.938. The van der Waals surface area contributed by atoms with Crippen molar-refractivity contribution in [3.63, 3.8) is 0 Å². The van der Waals surface area contributed by atoms with E-state index in [1.165, 1.54) is 0 Å². The summed E-state index contributed by atoms with van der Waals surface area (Å²) in [6, 6.07) is -0.107. The first-order valence-electron chi connectivity index (χ1n) is 8.18. The smallest absolute Gasteiger partial charge is 0.133 e. The summed E-state index contributed by atoms with van der Waals surface area (Å²) in [7, 11) is 0. The van der Waals surface area contributed by atoms with E-state index in [1.54, 1.807) is 0 Å². The van der Waals surface area contributed by atoms with Gasteiger partial charge in [0.1, 0.15) is 5.78 Å². The summed E-state index contributed by atoms with van der Waals surface area (Å²) >= 11 is 0. The van der Waals surface area contributed by atoms with Crippen molar-refractivity contribution in [2.75, 3.05) is 0 Å². The van der Waals surface area contributed by atoms with Gasteiger partial charge < -0.3 is 5.11 Å². The van der Waals surface area contributed by atoms with Gasteiger partial charge in [-0.05, 0) is 43.4 Å². The Morgan fingerprint density at radius 3 is 2.80 bits per heavy atom. The molecule has 0 aliphatic heterocycles. The highest BCUT2D eigenvalue weighted by Crippen LogP contribution is 2.48. The molecule has 5 atom stereocenters. The molecule has 0 aromatic rings. The normalized spacial score (nSPS) is 34.2. The minimum Gasteiger partial charge on any atom is -0.393 e. The van der Waals surface area contributed by atoms with Gasteiger partial charge in [0.2, 0.25) is 0 Å². The number of hydrogen-bond donors (Lipinski definition) is 1. The van der Waals surface area contributed by atoms with Gasteiger partial charge >= 0.3 is 0 Å². The van der Waals surface area contributed by atoms with E-state index in [1.807, 2.05) is 0 Å². The van der Waals surface area contributed by atoms with E-state index in [9.17, 15) is 14.8 Å². The van der Waals surface area contributed by atoms with E-state index in [2.05, 4.69) is 12.1 Å². The van der Waals surface area contributed by atoms with Crippen molar-refractivity contribution in [2.45, 2.75) is 76.9 Å². The number of aliphatic hydroxyl groups is 1. The minimum atomic E-state index is -0.277. The zero-order chi connectivity index (χ0) is 14.5. The van der Waals surface area contributed by atoms with Gasteiger partial charge in [0, 0.05) is 12.8 Å². The van der Waals surface area contributed by atoms with Gasteiger partial charge in [-0.25, -0.2) is 0 Å². The van der Waals surface area contributed by atoms with Crippen molar-refractivity contribution in [3.05, 3.63) is 4.91 Å². The van der Waals surface area contributed by atoms with Crippen LogP contribution in [0.3, 0.4) is 0 Å². The van der Waals surface area contributed by atoms with Crippen LogP contribution in [0, 0.1) is 22.7 Å². The van der Waals surface area contributed by atoms with Crippen LogP contribution < -0.4 is 0 Å². The number of aliphatic hydroxyl groups excluding tert-OH is 1. The number of Topliss-reactive ketones (excluding diaryl/α,β-unsaturated/α-hetero) is 1. The van der Waals surface area contributed by atoms with Crippen LogP contribution in [0.2, 0.25) is 0 Å². The topological polar surface area (TPSA) is 66.7 Å². The lowest BCUT2D eigenvalue weighted by Crippen LogP contribution is -2.21. The molecule has 2 aliphatic carbocycles. The van der Waals surface area contributed by atoms with Gasteiger partial charge in [-0.1, -0.05) is 31.4 Å². The number of unbranched alkanes of at least 4 members (excludes halogenated alkanes) is 2. The Morgan fingerprint density at radius 1 is 1.30 bits per heavy atom. The van der Waals surface area contributed by atoms with Crippen molar-refractivity contribution in [1.29, 1.82) is 0 Å². The molecule has 0 spiro atoms. The second kappa shape index (κ2) is 7.30. The van der Waals surface area contributed by atoms with Gasteiger partial charge in [-0.2, -0.15) is 4.91 Å². The van der Waals surface area contributed by atoms with Gasteiger partial charge in [0.25, 0.3) is 0 Å². The molecule has 0 bridgehead atoms. The number of rotatable bonds is 8. The van der Waals surface area contributed by atoms with Crippen LogP contribution in [-0.2, 0) is 4.79 Å². The van der Waals surface area contributed by atoms with Gasteiger partial charge in [-0.3, -0.25) is 4.79 Å². The summed E-state index contributed by atoms with van der Waals surface area (Å²) in [5.41, 5.74) is 0. The molecule has 2 saturated carbocycles. The summed E-state index contributed by atoms with van der Waals surface area (Å²) in [6.45, 7) is 2.15. The highest BCUT2D eigenvalue weighted by molar-refractivity contribution is 5.81. The van der Waals surface area contributed by atoms with Crippen LogP contribution in [0.15, 0.2) is 5.18 Å². The summed E-state index contributed by atoms with van der Waals surface area (Å²) in [5.74, 6) is 1.32. The van der Waals surface area contributed by atoms with Crippen molar-refractivity contribution in [2.24, 2.45) is 22.9 Å². The zero-order valence-corrected chi connectivity index (χ0v) is 12.5. The number of nitrogens with zero attached hydrogens (tertiary/aromatic N) is 1. The number of ketones is 1. The average Bonchev–Trinajstić information content (AvgIpc) is 2.90. The molecule has 0 amide bonds. The molecule has 4 nitrogen and oxygen atoms in total. The fourth-order valence-electron chi connectivity index (χ4n) is 4.16. The summed E-state index contributed by atoms with van der Waals surface area (Å²) in [4.78, 5) is 22.4. The van der Waals surface area contributed by atoms with E-state index in [0.717, 1.165) is 44.9 Å². The largest absolute Gasteiger partial charge is 0.393 e. The lowest BCUT2D eigenvalue weighted by atomic mass is 9.86. The first-order chi connectivity index (χ1) is 9.65. The number of nitroso groups, excluding NO2 is 1. The van der Waals surface area contributed by atoms with Gasteiger partial charge in [0.15, 0.2) is 0 Å². The standard InChI is InChI=1S/C16H27NO3/c1-2-3-4-5-12(17-20)6-7-14-15-10-13(18)8-11(15)9-16(14)19/h11-12,14-16,19H,2-10H2,1H3/t11?,12-,14?,15?,16+/m0/s1. The van der Waals surface area contributed by atoms with E-state index < -0.39 is 0 Å². The quantitative estimate of drug-likeness (QED) is 0.547. The third kappa shape index (κ3) is 3.66. The van der Waals surface area contributed by atoms with Crippen LogP contribution in [0.5, 0.6) is 0 Å². The predicted molar refractivity (Wildman–Crippen MR) is 78.3 cm³/mol. The Labute approximate surface area is 121 Å². The van der Waals surface area contributed by atoms with Gasteiger partial charge in [0.05, 0.1) is 12.1 Å². The lowest BCUT2D eigenvalue weighted by molar-refractivity contribution is -0.118. The third-order valence-corrected chi connectivity index (χ3v) is 5.27. The fourth-order valence-corrected chi connectivity index (χ4v) is 4.16. The van der Waals surface area contributed by atoms with Crippen molar-refractivity contribution in [3.8, 4) is 0 Å². The first-order valence-corrected chi connectivity index (χ1v) is 8.18. The molecular weight excluding hydrogens is 254 g/mol. The highest BCUT2D eigenvalue weighted by Gasteiger charge is 2.47. The molecule has 0 saturated heterocycles. The van der Waals surface area contributed by atoms with Crippen LogP contribution in [-0.4, -0.2) is 23.0 Å². The van der Waals surface area contributed by atoms with Crippen LogP contribution in [0.4, 0.5) is 0 Å². The summed E-state index contributed by atoms with van der Waals surface area (Å²) in [5, 5.41) is 13.4. The van der Waals surface area contributed by atoms with Crippen LogP contribution in [0.1, 0.15) is 64.7 Å². The molecule has 2 aliphatic rings. The maximum Gasteiger partial charge on any atom is 0.133 e. The minimum absolute atomic E-state index is 0.107. The molecule has 2 fully saturated rings. The zero-order valence-electron chi connectivity index (χ0n) is 12.5. The van der Waals surface area contributed by atoms with Gasteiger partial charge in [-0.15, -0.1) is 0 Å². The molecular formula is C16H27NO3. The average molecular weight is 281 g/mol. The Morgan fingerprint density at radius 2 is 2.10 bits per heavy atom. The molecule has 0 aromatic heterocycles. The maximum atomic E-state index is 11.5. The van der Waals surface area contributed by atoms with E-state index in [-0.39, 0.29) is 18.1 Å². The predicted octanol–water partition coefficient (Wildman–Crippen LogP) is 3.46. The Bertz CT molecular complexity index is 345. The highest BCUT2D eigenvalue weighted by atomic mass is 16.3. The third-order valence-electron chi connectivity index (χ3n) is 5.27. The molecule has 114 valence electrons. The lowest BCUT2D eigenvalue weighted by Gasteiger charge is -2.21. The Balaban J connectivity index is 1.79. The monoisotopic (exact) mass is 281 g/mol.